The minimum atomic E-state index is 0.0443. The smallest absolute Gasteiger partial charge is 0.193 e. The van der Waals surface area contributed by atoms with Gasteiger partial charge >= 0.3 is 0 Å². The summed E-state index contributed by atoms with van der Waals surface area (Å²) in [4.78, 5) is 12.3. The van der Waals surface area contributed by atoms with Crippen molar-refractivity contribution in [3.63, 3.8) is 0 Å². The first-order chi connectivity index (χ1) is 8.09. The summed E-state index contributed by atoms with van der Waals surface area (Å²) < 4.78 is 0. The van der Waals surface area contributed by atoms with Crippen LogP contribution >= 0.6 is 11.6 Å². The van der Waals surface area contributed by atoms with Gasteiger partial charge in [-0.1, -0.05) is 35.9 Å². The monoisotopic (exact) mass is 244 g/mol. The third-order valence-corrected chi connectivity index (χ3v) is 3.23. The summed E-state index contributed by atoms with van der Waals surface area (Å²) in [6, 6.07) is 13.0. The Morgan fingerprint density at radius 3 is 2.35 bits per heavy atom. The second kappa shape index (κ2) is 4.72. The van der Waals surface area contributed by atoms with Crippen LogP contribution in [0.3, 0.4) is 0 Å². The highest BCUT2D eigenvalue weighted by molar-refractivity contribution is 6.31. The molecule has 0 atom stereocenters. The summed E-state index contributed by atoms with van der Waals surface area (Å²) in [6.45, 7) is 3.84. The van der Waals surface area contributed by atoms with Crippen molar-refractivity contribution in [2.24, 2.45) is 0 Å². The van der Waals surface area contributed by atoms with Crippen LogP contribution in [-0.2, 0) is 0 Å². The molecule has 2 aromatic carbocycles. The number of halogens is 1. The van der Waals surface area contributed by atoms with E-state index in [0.29, 0.717) is 10.6 Å². The predicted molar refractivity (Wildman–Crippen MR) is 70.8 cm³/mol. The van der Waals surface area contributed by atoms with Gasteiger partial charge in [0.05, 0.1) is 0 Å². The molecule has 0 aliphatic carbocycles. The number of rotatable bonds is 2. The van der Waals surface area contributed by atoms with E-state index >= 15 is 0 Å². The van der Waals surface area contributed by atoms with Crippen molar-refractivity contribution in [3.8, 4) is 0 Å². The van der Waals surface area contributed by atoms with Crippen molar-refractivity contribution in [1.29, 1.82) is 0 Å². The first-order valence-corrected chi connectivity index (χ1v) is 5.84. The van der Waals surface area contributed by atoms with Gasteiger partial charge in [-0.3, -0.25) is 4.79 Å². The predicted octanol–water partition coefficient (Wildman–Crippen LogP) is 4.19. The molecule has 86 valence electrons. The molecule has 0 aliphatic heterocycles. The van der Waals surface area contributed by atoms with Gasteiger partial charge in [0.2, 0.25) is 0 Å². The van der Waals surface area contributed by atoms with Crippen molar-refractivity contribution >= 4 is 17.4 Å². The Bertz CT molecular complexity index is 573. The Labute approximate surface area is 106 Å². The lowest BCUT2D eigenvalue weighted by atomic mass is 9.98. The molecule has 0 amide bonds. The van der Waals surface area contributed by atoms with Crippen LogP contribution in [0.5, 0.6) is 0 Å². The quantitative estimate of drug-likeness (QED) is 0.724. The van der Waals surface area contributed by atoms with Crippen molar-refractivity contribution in [3.05, 3.63) is 69.7 Å². The average Bonchev–Trinajstić information content (AvgIpc) is 2.32. The molecule has 0 saturated carbocycles. The largest absolute Gasteiger partial charge is 0.289 e. The first-order valence-electron chi connectivity index (χ1n) is 5.46. The molecular weight excluding hydrogens is 232 g/mol. The van der Waals surface area contributed by atoms with Crippen molar-refractivity contribution < 1.29 is 4.79 Å². The number of hydrogen-bond donors (Lipinski definition) is 0. The second-order valence-corrected chi connectivity index (χ2v) is 4.52. The highest BCUT2D eigenvalue weighted by atomic mass is 35.5. The fraction of sp³-hybridized carbons (Fsp3) is 0.133. The number of aryl methyl sites for hydroxylation is 2. The molecule has 0 aliphatic rings. The maximum Gasteiger partial charge on any atom is 0.193 e. The molecule has 0 radical (unpaired) electrons. The van der Waals surface area contributed by atoms with Crippen LogP contribution in [0.25, 0.3) is 0 Å². The van der Waals surface area contributed by atoms with Crippen LogP contribution in [-0.4, -0.2) is 5.78 Å². The zero-order valence-corrected chi connectivity index (χ0v) is 10.6. The van der Waals surface area contributed by atoms with Gasteiger partial charge in [-0.05, 0) is 43.2 Å². The fourth-order valence-corrected chi connectivity index (χ4v) is 1.89. The maximum absolute atomic E-state index is 12.3. The van der Waals surface area contributed by atoms with E-state index in [9.17, 15) is 4.79 Å². The lowest BCUT2D eigenvalue weighted by Crippen LogP contribution is -2.03. The van der Waals surface area contributed by atoms with E-state index in [-0.39, 0.29) is 5.78 Å². The van der Waals surface area contributed by atoms with Crippen LogP contribution in [0.4, 0.5) is 0 Å². The van der Waals surface area contributed by atoms with E-state index in [2.05, 4.69) is 0 Å². The van der Waals surface area contributed by atoms with Gasteiger partial charge < -0.3 is 0 Å². The Balaban J connectivity index is 2.44. The summed E-state index contributed by atoms with van der Waals surface area (Å²) in [5, 5.41) is 0.686. The molecule has 2 rings (SSSR count). The molecule has 0 aromatic heterocycles. The Hall–Kier alpha value is -1.60. The van der Waals surface area contributed by atoms with Crippen LogP contribution < -0.4 is 0 Å². The van der Waals surface area contributed by atoms with Gasteiger partial charge in [-0.25, -0.2) is 0 Å². The molecule has 17 heavy (non-hydrogen) atoms. The normalized spacial score (nSPS) is 10.3. The van der Waals surface area contributed by atoms with E-state index in [1.54, 1.807) is 12.1 Å². The van der Waals surface area contributed by atoms with E-state index < -0.39 is 0 Å². The van der Waals surface area contributed by atoms with Gasteiger partial charge in [0, 0.05) is 16.1 Å². The summed E-state index contributed by atoms with van der Waals surface area (Å²) >= 11 is 5.95. The molecule has 2 heteroatoms. The number of hydrogen-bond acceptors (Lipinski definition) is 1. The van der Waals surface area contributed by atoms with Gasteiger partial charge in [0.25, 0.3) is 0 Å². The molecule has 0 saturated heterocycles. The molecule has 0 bridgehead atoms. The van der Waals surface area contributed by atoms with Gasteiger partial charge in [0.1, 0.15) is 0 Å². The fourth-order valence-electron chi connectivity index (χ4n) is 1.77. The van der Waals surface area contributed by atoms with Crippen LogP contribution in [0.15, 0.2) is 42.5 Å². The lowest BCUT2D eigenvalue weighted by molar-refractivity contribution is 0.103. The molecule has 0 N–H and O–H groups in total. The topological polar surface area (TPSA) is 17.1 Å². The van der Waals surface area contributed by atoms with Crippen LogP contribution in [0, 0.1) is 13.8 Å². The third kappa shape index (κ3) is 2.40. The average molecular weight is 245 g/mol. The van der Waals surface area contributed by atoms with Crippen LogP contribution in [0.1, 0.15) is 27.0 Å². The highest BCUT2D eigenvalue weighted by Crippen LogP contribution is 2.19. The highest BCUT2D eigenvalue weighted by Gasteiger charge is 2.11. The molecule has 0 fully saturated rings. The Morgan fingerprint density at radius 1 is 1.00 bits per heavy atom. The molecule has 0 heterocycles. The summed E-state index contributed by atoms with van der Waals surface area (Å²) in [6.07, 6.45) is 0. The first kappa shape index (κ1) is 11.9. The third-order valence-electron chi connectivity index (χ3n) is 2.81. The summed E-state index contributed by atoms with van der Waals surface area (Å²) in [5.74, 6) is 0.0443. The molecule has 1 nitrogen and oxygen atoms in total. The SMILES string of the molecule is Cc1cc(C(=O)c2ccccc2C)ccc1Cl. The Kier molecular flexibility index (Phi) is 3.30. The van der Waals surface area contributed by atoms with E-state index in [1.807, 2.05) is 44.2 Å². The zero-order chi connectivity index (χ0) is 12.4. The second-order valence-electron chi connectivity index (χ2n) is 4.11. The molecule has 0 spiro atoms. The zero-order valence-electron chi connectivity index (χ0n) is 9.83. The van der Waals surface area contributed by atoms with E-state index in [1.165, 1.54) is 0 Å². The van der Waals surface area contributed by atoms with Crippen molar-refractivity contribution in [2.75, 3.05) is 0 Å². The molecule has 0 unspecified atom stereocenters. The Morgan fingerprint density at radius 2 is 1.71 bits per heavy atom. The van der Waals surface area contributed by atoms with E-state index in [4.69, 9.17) is 11.6 Å². The number of carbonyl (C=O) groups is 1. The minimum Gasteiger partial charge on any atom is -0.289 e. The maximum atomic E-state index is 12.3. The van der Waals surface area contributed by atoms with Crippen molar-refractivity contribution in [2.45, 2.75) is 13.8 Å². The summed E-state index contributed by atoms with van der Waals surface area (Å²) in [7, 11) is 0. The van der Waals surface area contributed by atoms with E-state index in [0.717, 1.165) is 16.7 Å². The van der Waals surface area contributed by atoms with Crippen LogP contribution in [0.2, 0.25) is 5.02 Å². The minimum absolute atomic E-state index is 0.0443. The number of ketones is 1. The lowest BCUT2D eigenvalue weighted by Gasteiger charge is -2.06. The van der Waals surface area contributed by atoms with Gasteiger partial charge in [-0.15, -0.1) is 0 Å². The summed E-state index contributed by atoms with van der Waals surface area (Å²) in [5.41, 5.74) is 3.34. The number of benzene rings is 2. The standard InChI is InChI=1S/C15H13ClO/c1-10-5-3-4-6-13(10)15(17)12-7-8-14(16)11(2)9-12/h3-9H,1-2H3. The van der Waals surface area contributed by atoms with Gasteiger partial charge in [-0.2, -0.15) is 0 Å². The van der Waals surface area contributed by atoms with Crippen molar-refractivity contribution in [1.82, 2.24) is 0 Å². The molecular formula is C15H13ClO. The van der Waals surface area contributed by atoms with Gasteiger partial charge in [0.15, 0.2) is 5.78 Å². The molecule has 2 aromatic rings. The number of carbonyl (C=O) groups excluding carboxylic acids is 1.